The second kappa shape index (κ2) is 11.6. The van der Waals surface area contributed by atoms with E-state index in [2.05, 4.69) is 22.9 Å². The Kier molecular flexibility index (Phi) is 8.64. The number of carbonyl (C=O) groups is 2. The van der Waals surface area contributed by atoms with Gasteiger partial charge in [-0.05, 0) is 67.6 Å². The Bertz CT molecular complexity index is 1170. The van der Waals surface area contributed by atoms with Gasteiger partial charge in [-0.15, -0.1) is 6.58 Å². The molecule has 3 unspecified atom stereocenters. The molecule has 2 aliphatic rings. The minimum Gasteiger partial charge on any atom is -0.427 e. The monoisotopic (exact) mass is 544 g/mol. The van der Waals surface area contributed by atoms with Crippen LogP contribution >= 0.6 is 23.2 Å². The van der Waals surface area contributed by atoms with Gasteiger partial charge in [0.05, 0.1) is 22.1 Å². The topological polar surface area (TPSA) is 67.9 Å². The van der Waals surface area contributed by atoms with Gasteiger partial charge in [-0.1, -0.05) is 47.5 Å². The van der Waals surface area contributed by atoms with Crippen molar-refractivity contribution in [3.05, 3.63) is 76.3 Å². The van der Waals surface area contributed by atoms with E-state index in [1.54, 1.807) is 25.3 Å². The molecule has 2 aromatic rings. The van der Waals surface area contributed by atoms with E-state index in [1.165, 1.54) is 6.92 Å². The lowest BCUT2D eigenvalue weighted by Crippen LogP contribution is -2.68. The van der Waals surface area contributed by atoms with Crippen molar-refractivity contribution in [1.82, 2.24) is 10.2 Å². The van der Waals surface area contributed by atoms with Gasteiger partial charge in [-0.25, -0.2) is 0 Å². The molecule has 0 spiro atoms. The zero-order chi connectivity index (χ0) is 26.6. The predicted molar refractivity (Wildman–Crippen MR) is 146 cm³/mol. The Hall–Kier alpha value is -2.38. The molecular weight excluding hydrogens is 511 g/mol. The summed E-state index contributed by atoms with van der Waals surface area (Å²) in [6.07, 6.45) is 5.30. The van der Waals surface area contributed by atoms with Crippen molar-refractivity contribution in [3.63, 3.8) is 0 Å². The summed E-state index contributed by atoms with van der Waals surface area (Å²) < 4.78 is 11.8. The van der Waals surface area contributed by atoms with Crippen LogP contribution in [0.25, 0.3) is 0 Å². The van der Waals surface area contributed by atoms with Gasteiger partial charge in [0.15, 0.2) is 0 Å². The molecule has 1 heterocycles. The maximum Gasteiger partial charge on any atom is 0.308 e. The predicted octanol–water partition coefficient (Wildman–Crippen LogP) is 5.34. The molecule has 0 bridgehead atoms. The fraction of sp³-hybridized carbons (Fsp3) is 0.448. The van der Waals surface area contributed by atoms with Gasteiger partial charge in [0.2, 0.25) is 5.91 Å². The summed E-state index contributed by atoms with van der Waals surface area (Å²) in [6, 6.07) is 13.0. The zero-order valence-corrected chi connectivity index (χ0v) is 22.9. The first-order chi connectivity index (χ1) is 17.7. The van der Waals surface area contributed by atoms with E-state index in [1.807, 2.05) is 24.3 Å². The second-order valence-electron chi connectivity index (χ2n) is 10.1. The number of halogens is 2. The molecule has 1 amide bonds. The number of methoxy groups -OCH3 is 1. The summed E-state index contributed by atoms with van der Waals surface area (Å²) in [5.41, 5.74) is 1.06. The molecule has 1 saturated carbocycles. The van der Waals surface area contributed by atoms with E-state index in [0.717, 1.165) is 56.4 Å². The summed E-state index contributed by atoms with van der Waals surface area (Å²) in [5, 5.41) is 4.17. The Morgan fingerprint density at radius 3 is 2.70 bits per heavy atom. The molecule has 0 aromatic heterocycles. The molecule has 1 aliphatic carbocycles. The highest BCUT2D eigenvalue weighted by molar-refractivity contribution is 6.42. The SMILES string of the molecule is C=CCN1CCC2(c3cccc(OC(C)=O)c3)CC(NC(=O)Cc3ccc(Cl)c(Cl)c3)CCC2(OC)C1. The average Bonchev–Trinajstić information content (AvgIpc) is 2.86. The van der Waals surface area contributed by atoms with Crippen LogP contribution in [0.1, 0.15) is 43.7 Å². The lowest BCUT2D eigenvalue weighted by Gasteiger charge is -2.59. The fourth-order valence-electron chi connectivity index (χ4n) is 6.19. The van der Waals surface area contributed by atoms with Gasteiger partial charge in [0, 0.05) is 38.6 Å². The lowest BCUT2D eigenvalue weighted by molar-refractivity contribution is -0.149. The zero-order valence-electron chi connectivity index (χ0n) is 21.4. The highest BCUT2D eigenvalue weighted by Crippen LogP contribution is 2.53. The number of amides is 1. The third-order valence-corrected chi connectivity index (χ3v) is 8.58. The number of piperidine rings is 1. The number of hydrogen-bond donors (Lipinski definition) is 1. The van der Waals surface area contributed by atoms with Crippen LogP contribution in [0.2, 0.25) is 10.0 Å². The summed E-state index contributed by atoms with van der Waals surface area (Å²) in [5.74, 6) is 0.106. The molecule has 2 fully saturated rings. The second-order valence-corrected chi connectivity index (χ2v) is 10.9. The van der Waals surface area contributed by atoms with Crippen LogP contribution in [-0.4, -0.2) is 55.2 Å². The number of esters is 1. The van der Waals surface area contributed by atoms with Crippen LogP contribution in [0, 0.1) is 0 Å². The average molecular weight is 546 g/mol. The molecule has 4 rings (SSSR count). The number of carbonyl (C=O) groups excluding carboxylic acids is 2. The molecule has 198 valence electrons. The maximum atomic E-state index is 13.0. The molecule has 8 heteroatoms. The van der Waals surface area contributed by atoms with Crippen molar-refractivity contribution >= 4 is 35.1 Å². The smallest absolute Gasteiger partial charge is 0.308 e. The van der Waals surface area contributed by atoms with E-state index in [0.29, 0.717) is 15.8 Å². The van der Waals surface area contributed by atoms with Crippen molar-refractivity contribution in [1.29, 1.82) is 0 Å². The summed E-state index contributed by atoms with van der Waals surface area (Å²) in [7, 11) is 1.78. The van der Waals surface area contributed by atoms with Crippen LogP contribution in [0.4, 0.5) is 0 Å². The van der Waals surface area contributed by atoms with E-state index in [-0.39, 0.29) is 29.8 Å². The first-order valence-corrected chi connectivity index (χ1v) is 13.4. The van der Waals surface area contributed by atoms with Gasteiger partial charge in [-0.3, -0.25) is 14.5 Å². The molecule has 2 aromatic carbocycles. The Balaban J connectivity index is 1.62. The van der Waals surface area contributed by atoms with Gasteiger partial charge in [0.1, 0.15) is 5.75 Å². The highest BCUT2D eigenvalue weighted by Gasteiger charge is 2.58. The normalized spacial score (nSPS) is 25.7. The van der Waals surface area contributed by atoms with Crippen molar-refractivity contribution in [2.45, 2.75) is 56.1 Å². The Morgan fingerprint density at radius 1 is 1.19 bits per heavy atom. The largest absolute Gasteiger partial charge is 0.427 e. The van der Waals surface area contributed by atoms with Crippen LogP contribution in [0.15, 0.2) is 55.1 Å². The van der Waals surface area contributed by atoms with Gasteiger partial charge < -0.3 is 14.8 Å². The van der Waals surface area contributed by atoms with Crippen molar-refractivity contribution < 1.29 is 19.1 Å². The van der Waals surface area contributed by atoms with Gasteiger partial charge >= 0.3 is 5.97 Å². The molecule has 6 nitrogen and oxygen atoms in total. The van der Waals surface area contributed by atoms with Crippen molar-refractivity contribution in [2.24, 2.45) is 0 Å². The third kappa shape index (κ3) is 5.88. The Labute approximate surface area is 228 Å². The quantitative estimate of drug-likeness (QED) is 0.276. The maximum absolute atomic E-state index is 13.0. The number of fused-ring (bicyclic) bond motifs is 1. The standard InChI is InChI=1S/C29H34Cl2N2O4/c1-4-13-33-14-12-28(22-6-5-7-24(17-22)37-20(2)34)18-23(10-11-29(28,19-33)36-3)32-27(35)16-21-8-9-25(30)26(31)15-21/h4-9,15,17,23H,1,10-14,16,18-19H2,2-3H3,(H,32,35). The summed E-state index contributed by atoms with van der Waals surface area (Å²) >= 11 is 12.2. The van der Waals surface area contributed by atoms with Crippen LogP contribution in [-0.2, 0) is 26.2 Å². The minimum absolute atomic E-state index is 0.0260. The number of nitrogens with one attached hydrogen (secondary N) is 1. The number of nitrogens with zero attached hydrogens (tertiary/aromatic N) is 1. The molecule has 1 aliphatic heterocycles. The molecule has 37 heavy (non-hydrogen) atoms. The van der Waals surface area contributed by atoms with E-state index >= 15 is 0 Å². The number of ether oxygens (including phenoxy) is 2. The number of benzene rings is 2. The lowest BCUT2D eigenvalue weighted by atomic mass is 9.55. The van der Waals surface area contributed by atoms with Crippen LogP contribution < -0.4 is 10.1 Å². The number of rotatable bonds is 8. The molecule has 1 N–H and O–H groups in total. The van der Waals surface area contributed by atoms with Crippen LogP contribution in [0.3, 0.4) is 0 Å². The third-order valence-electron chi connectivity index (χ3n) is 7.84. The molecular formula is C29H34Cl2N2O4. The molecule has 1 saturated heterocycles. The first kappa shape index (κ1) is 27.6. The minimum atomic E-state index is -0.450. The van der Waals surface area contributed by atoms with Gasteiger partial charge in [-0.2, -0.15) is 0 Å². The highest BCUT2D eigenvalue weighted by atomic mass is 35.5. The molecule has 3 atom stereocenters. The summed E-state index contributed by atoms with van der Waals surface area (Å²) in [4.78, 5) is 27.1. The molecule has 0 radical (unpaired) electrons. The van der Waals surface area contributed by atoms with E-state index < -0.39 is 5.60 Å². The van der Waals surface area contributed by atoms with Gasteiger partial charge in [0.25, 0.3) is 0 Å². The van der Waals surface area contributed by atoms with Crippen molar-refractivity contribution in [3.8, 4) is 5.75 Å². The Morgan fingerprint density at radius 2 is 2.00 bits per heavy atom. The first-order valence-electron chi connectivity index (χ1n) is 12.6. The fourth-order valence-corrected chi connectivity index (χ4v) is 6.51. The number of likely N-dealkylation sites (tertiary alicyclic amines) is 1. The number of hydrogen-bond acceptors (Lipinski definition) is 5. The van der Waals surface area contributed by atoms with Crippen LogP contribution in [0.5, 0.6) is 5.75 Å². The summed E-state index contributed by atoms with van der Waals surface area (Å²) in [6.45, 7) is 7.74. The van der Waals surface area contributed by atoms with E-state index in [9.17, 15) is 9.59 Å². The van der Waals surface area contributed by atoms with Crippen molar-refractivity contribution in [2.75, 3.05) is 26.7 Å². The van der Waals surface area contributed by atoms with E-state index in [4.69, 9.17) is 32.7 Å².